The number of amides is 1. The molecule has 0 spiro atoms. The van der Waals surface area contributed by atoms with Gasteiger partial charge in [-0.2, -0.15) is 22.0 Å². The van der Waals surface area contributed by atoms with Crippen LogP contribution in [0.5, 0.6) is 17.2 Å². The van der Waals surface area contributed by atoms with Crippen LogP contribution in [-0.4, -0.2) is 36.1 Å². The fourth-order valence-corrected chi connectivity index (χ4v) is 7.09. The number of hydrogen-bond acceptors (Lipinski definition) is 8. The Hall–Kier alpha value is -7.20. The maximum atomic E-state index is 14.8. The maximum Gasteiger partial charge on any atom is 0.407 e. The first kappa shape index (κ1) is 49.2. The molecule has 0 atom stereocenters. The summed E-state index contributed by atoms with van der Waals surface area (Å²) in [5.74, 6) is -46.3. The Morgan fingerprint density at radius 2 is 0.776 bits per heavy atom. The number of halogens is 14. The molecule has 5 aromatic carbocycles. The Morgan fingerprint density at radius 3 is 1.15 bits per heavy atom. The summed E-state index contributed by atoms with van der Waals surface area (Å²) in [6.45, 7) is 0.168. The van der Waals surface area contributed by atoms with E-state index in [-0.39, 0.29) is 0 Å². The lowest BCUT2D eigenvalue weighted by atomic mass is 9.83. The normalized spacial score (nSPS) is 12.1. The van der Waals surface area contributed by atoms with Crippen LogP contribution in [0, 0.1) is 88.4 Å². The number of rotatable bonds is 15. The first-order valence-corrected chi connectivity index (χ1v) is 19.2. The highest BCUT2D eigenvalue weighted by Crippen LogP contribution is 2.45. The summed E-state index contributed by atoms with van der Waals surface area (Å²) in [5.41, 5.74) is -0.735. The summed E-state index contributed by atoms with van der Waals surface area (Å²) in [6.07, 6.45) is -8.37. The van der Waals surface area contributed by atoms with E-state index in [0.29, 0.717) is 18.1 Å². The molecular weight excluding hydrogens is 936 g/mol. The van der Waals surface area contributed by atoms with Crippen LogP contribution in [-0.2, 0) is 19.1 Å². The van der Waals surface area contributed by atoms with E-state index in [1.165, 1.54) is 0 Å². The van der Waals surface area contributed by atoms with E-state index in [2.05, 4.69) is 19.5 Å². The van der Waals surface area contributed by atoms with Crippen LogP contribution in [0.1, 0.15) is 61.1 Å². The smallest absolute Gasteiger partial charge is 0.407 e. The van der Waals surface area contributed by atoms with Crippen LogP contribution in [0.2, 0.25) is 0 Å². The maximum absolute atomic E-state index is 14.8. The number of fused-ring (bicyclic) bond motifs is 3. The fourth-order valence-electron chi connectivity index (χ4n) is 7.09. The Morgan fingerprint density at radius 1 is 0.463 bits per heavy atom. The van der Waals surface area contributed by atoms with Crippen LogP contribution in [0.25, 0.3) is 11.1 Å². The number of alkyl carbamates (subject to hydrolysis) is 1. The molecule has 0 bridgehead atoms. The number of benzene rings is 5. The summed E-state index contributed by atoms with van der Waals surface area (Å²) in [4.78, 5) is 52.9. The summed E-state index contributed by atoms with van der Waals surface area (Å²) in [6, 6.07) is 13.8. The molecule has 0 unspecified atom stereocenters. The fraction of sp³-hybridized carbons (Fsp3) is 0.227. The van der Waals surface area contributed by atoms with Crippen molar-refractivity contribution in [3.8, 4) is 28.4 Å². The van der Waals surface area contributed by atoms with Gasteiger partial charge in [-0.05, 0) is 48.4 Å². The molecular formula is C44H27F14NO8. The standard InChI is InChI=1S/C44H27F14NO8/c1-17-26(45)28(47)35(54)40(27(17)46)65-23(60)10-13-44(14-11-24(61)66-41-36(55)31(50)29(48)32(51)37(41)56,15-12-25(62)67-42-38(57)33(52)30(49)34(53)39(42)58)59-43(63)64-16-22-20-8-4-2-6-18(20)19-7-3-5-9-21(19)22/h2-9,22H,10-16H2,1H3,(H,59,63). The van der Waals surface area contributed by atoms with Gasteiger partial charge in [-0.1, -0.05) is 48.5 Å². The SMILES string of the molecule is Cc1c(F)c(F)c(F)c(OC(=O)CCC(CCC(=O)Oc2c(F)c(F)c(F)c(F)c2F)(CCC(=O)Oc2c(F)c(F)c(F)c(F)c2F)NC(=O)OCC2c3ccccc3-c3ccccc32)c1F. The van der Waals surface area contributed by atoms with Gasteiger partial charge in [0.1, 0.15) is 6.61 Å². The molecule has 1 aliphatic carbocycles. The number of ether oxygens (including phenoxy) is 4. The van der Waals surface area contributed by atoms with Crippen LogP contribution in [0.15, 0.2) is 48.5 Å². The molecule has 0 radical (unpaired) electrons. The number of nitrogens with one attached hydrogen (secondary N) is 1. The summed E-state index contributed by atoms with van der Waals surface area (Å²) >= 11 is 0. The van der Waals surface area contributed by atoms with Gasteiger partial charge >= 0.3 is 24.0 Å². The van der Waals surface area contributed by atoms with Crippen molar-refractivity contribution < 1.29 is 99.6 Å². The summed E-state index contributed by atoms with van der Waals surface area (Å²) in [5, 5.41) is 2.23. The molecule has 1 N–H and O–H groups in total. The molecule has 0 saturated heterocycles. The average Bonchev–Trinajstić information content (AvgIpc) is 3.64. The Kier molecular flexibility index (Phi) is 14.5. The van der Waals surface area contributed by atoms with Gasteiger partial charge in [0.05, 0.1) is 0 Å². The van der Waals surface area contributed by atoms with E-state index >= 15 is 0 Å². The van der Waals surface area contributed by atoms with Crippen LogP contribution < -0.4 is 19.5 Å². The zero-order chi connectivity index (χ0) is 49.2. The molecule has 0 saturated carbocycles. The van der Waals surface area contributed by atoms with E-state index in [1.807, 2.05) is 0 Å². The lowest BCUT2D eigenvalue weighted by Crippen LogP contribution is -2.50. The zero-order valence-corrected chi connectivity index (χ0v) is 33.7. The van der Waals surface area contributed by atoms with Crippen molar-refractivity contribution in [1.29, 1.82) is 0 Å². The second-order valence-corrected chi connectivity index (χ2v) is 14.7. The third-order valence-corrected chi connectivity index (χ3v) is 10.6. The van der Waals surface area contributed by atoms with E-state index in [9.17, 15) is 80.6 Å². The quantitative estimate of drug-likeness (QED) is 0.0362. The molecule has 5 aromatic rings. The van der Waals surface area contributed by atoms with E-state index in [0.717, 1.165) is 11.1 Å². The molecule has 1 amide bonds. The van der Waals surface area contributed by atoms with Gasteiger partial charge in [-0.3, -0.25) is 14.4 Å². The van der Waals surface area contributed by atoms with Crippen LogP contribution in [0.3, 0.4) is 0 Å². The van der Waals surface area contributed by atoms with Gasteiger partial charge in [-0.25, -0.2) is 44.3 Å². The monoisotopic (exact) mass is 963 g/mol. The highest BCUT2D eigenvalue weighted by atomic mass is 19.2. The van der Waals surface area contributed by atoms with E-state index in [4.69, 9.17) is 4.74 Å². The molecule has 354 valence electrons. The average molecular weight is 964 g/mol. The molecule has 0 fully saturated rings. The molecule has 6 rings (SSSR count). The topological polar surface area (TPSA) is 117 Å². The van der Waals surface area contributed by atoms with Crippen molar-refractivity contribution >= 4 is 24.0 Å². The van der Waals surface area contributed by atoms with Gasteiger partial charge < -0.3 is 24.3 Å². The predicted octanol–water partition coefficient (Wildman–Crippen LogP) is 10.7. The Bertz CT molecular complexity index is 2500. The summed E-state index contributed by atoms with van der Waals surface area (Å²) < 4.78 is 217. The molecule has 9 nitrogen and oxygen atoms in total. The molecule has 0 aromatic heterocycles. The van der Waals surface area contributed by atoms with E-state index < -0.39 is 185 Å². The van der Waals surface area contributed by atoms with Crippen LogP contribution >= 0.6 is 0 Å². The highest BCUT2D eigenvalue weighted by Gasteiger charge is 2.39. The van der Waals surface area contributed by atoms with E-state index in [1.54, 1.807) is 48.5 Å². The molecule has 67 heavy (non-hydrogen) atoms. The number of carbonyl (C=O) groups excluding carboxylic acids is 4. The van der Waals surface area contributed by atoms with Gasteiger partial charge in [0.15, 0.2) is 17.5 Å². The van der Waals surface area contributed by atoms with Crippen molar-refractivity contribution in [3.05, 3.63) is 147 Å². The van der Waals surface area contributed by atoms with Crippen LogP contribution in [0.4, 0.5) is 66.3 Å². The Balaban J connectivity index is 1.33. The van der Waals surface area contributed by atoms with Crippen molar-refractivity contribution in [2.45, 2.75) is 56.9 Å². The zero-order valence-electron chi connectivity index (χ0n) is 33.7. The first-order valence-electron chi connectivity index (χ1n) is 19.2. The lowest BCUT2D eigenvalue weighted by Gasteiger charge is -2.34. The van der Waals surface area contributed by atoms with Gasteiger partial charge in [0.25, 0.3) is 0 Å². The largest absolute Gasteiger partial charge is 0.449 e. The number of hydrogen-bond donors (Lipinski definition) is 1. The minimum atomic E-state index is -2.64. The summed E-state index contributed by atoms with van der Waals surface area (Å²) in [7, 11) is 0. The molecule has 23 heteroatoms. The third-order valence-electron chi connectivity index (χ3n) is 10.6. The highest BCUT2D eigenvalue weighted by molar-refractivity contribution is 5.79. The number of carbonyl (C=O) groups is 4. The van der Waals surface area contributed by atoms with Gasteiger partial charge in [0.2, 0.25) is 81.2 Å². The second-order valence-electron chi connectivity index (χ2n) is 14.7. The minimum Gasteiger partial charge on any atom is -0.449 e. The second kappa shape index (κ2) is 19.7. The van der Waals surface area contributed by atoms with Gasteiger partial charge in [-0.15, -0.1) is 0 Å². The molecule has 0 aliphatic heterocycles. The Labute approximate surface area is 367 Å². The first-order chi connectivity index (χ1) is 31.6. The molecule has 0 heterocycles. The van der Waals surface area contributed by atoms with Crippen molar-refractivity contribution in [3.63, 3.8) is 0 Å². The number of esters is 3. The van der Waals surface area contributed by atoms with Crippen molar-refractivity contribution in [1.82, 2.24) is 5.32 Å². The lowest BCUT2D eigenvalue weighted by molar-refractivity contribution is -0.135. The third kappa shape index (κ3) is 9.85. The predicted molar refractivity (Wildman–Crippen MR) is 199 cm³/mol. The van der Waals surface area contributed by atoms with Crippen molar-refractivity contribution in [2.75, 3.05) is 6.61 Å². The van der Waals surface area contributed by atoms with Crippen molar-refractivity contribution in [2.24, 2.45) is 0 Å². The molecule has 1 aliphatic rings. The minimum absolute atomic E-state index is 0.476. The van der Waals surface area contributed by atoms with Gasteiger partial charge in [0, 0.05) is 36.3 Å².